The molecule has 0 aliphatic heterocycles. The van der Waals surface area contributed by atoms with E-state index in [1.165, 1.54) is 5.56 Å². The van der Waals surface area contributed by atoms with Gasteiger partial charge in [0.15, 0.2) is 11.2 Å². The Morgan fingerprint density at radius 1 is 1.11 bits per heavy atom. The predicted octanol–water partition coefficient (Wildman–Crippen LogP) is 4.01. The van der Waals surface area contributed by atoms with Crippen LogP contribution in [0.25, 0.3) is 22.7 Å². The van der Waals surface area contributed by atoms with E-state index in [1.807, 2.05) is 42.6 Å². The van der Waals surface area contributed by atoms with Gasteiger partial charge < -0.3 is 4.42 Å². The van der Waals surface area contributed by atoms with Crippen molar-refractivity contribution in [1.29, 1.82) is 0 Å². The fourth-order valence-electron chi connectivity index (χ4n) is 1.85. The molecule has 1 aromatic carbocycles. The number of hydrogen-bond acceptors (Lipinski definition) is 3. The van der Waals surface area contributed by atoms with E-state index in [4.69, 9.17) is 4.42 Å². The first kappa shape index (κ1) is 11.0. The maximum Gasteiger partial charge on any atom is 0.228 e. The zero-order valence-electron chi connectivity index (χ0n) is 10.4. The Morgan fingerprint density at radius 3 is 2.61 bits per heavy atom. The summed E-state index contributed by atoms with van der Waals surface area (Å²) in [5, 5.41) is 0. The van der Waals surface area contributed by atoms with Crippen LogP contribution in [-0.4, -0.2) is 9.97 Å². The molecule has 0 unspecified atom stereocenters. The molecule has 90 valence electrons. The van der Waals surface area contributed by atoms with E-state index in [1.54, 1.807) is 0 Å². The SMILES string of the molecule is CC(C)c1cnc2nc(-c3ccccc3)oc2c1. The highest BCUT2D eigenvalue weighted by Gasteiger charge is 2.10. The van der Waals surface area contributed by atoms with Gasteiger partial charge in [0.05, 0.1) is 0 Å². The summed E-state index contributed by atoms with van der Waals surface area (Å²) >= 11 is 0. The average Bonchev–Trinajstić information content (AvgIpc) is 2.82. The van der Waals surface area contributed by atoms with Crippen molar-refractivity contribution < 1.29 is 4.42 Å². The summed E-state index contributed by atoms with van der Waals surface area (Å²) in [6.07, 6.45) is 1.87. The van der Waals surface area contributed by atoms with E-state index in [2.05, 4.69) is 23.8 Å². The molecule has 3 rings (SSSR count). The van der Waals surface area contributed by atoms with Crippen LogP contribution >= 0.6 is 0 Å². The smallest absolute Gasteiger partial charge is 0.228 e. The molecule has 0 spiro atoms. The zero-order valence-corrected chi connectivity index (χ0v) is 10.4. The summed E-state index contributed by atoms with van der Waals surface area (Å²) in [6, 6.07) is 11.9. The zero-order chi connectivity index (χ0) is 12.5. The first-order chi connectivity index (χ1) is 8.74. The van der Waals surface area contributed by atoms with Crippen LogP contribution in [-0.2, 0) is 0 Å². The van der Waals surface area contributed by atoms with Crippen LogP contribution in [0.3, 0.4) is 0 Å². The molecular formula is C15H14N2O. The molecule has 2 aromatic heterocycles. The van der Waals surface area contributed by atoms with E-state index in [-0.39, 0.29) is 0 Å². The van der Waals surface area contributed by atoms with Gasteiger partial charge in [0, 0.05) is 11.8 Å². The third-order valence-corrected chi connectivity index (χ3v) is 2.96. The lowest BCUT2D eigenvalue weighted by atomic mass is 10.1. The summed E-state index contributed by atoms with van der Waals surface area (Å²) in [5.41, 5.74) is 3.55. The van der Waals surface area contributed by atoms with Crippen molar-refractivity contribution in [3.63, 3.8) is 0 Å². The summed E-state index contributed by atoms with van der Waals surface area (Å²) in [7, 11) is 0. The highest BCUT2D eigenvalue weighted by Crippen LogP contribution is 2.25. The van der Waals surface area contributed by atoms with Gasteiger partial charge >= 0.3 is 0 Å². The minimum atomic E-state index is 0.437. The first-order valence-corrected chi connectivity index (χ1v) is 6.06. The van der Waals surface area contributed by atoms with E-state index in [9.17, 15) is 0 Å². The van der Waals surface area contributed by atoms with Crippen LogP contribution in [0, 0.1) is 0 Å². The minimum absolute atomic E-state index is 0.437. The summed E-state index contributed by atoms with van der Waals surface area (Å²) in [4.78, 5) is 8.75. The third-order valence-electron chi connectivity index (χ3n) is 2.96. The Hall–Kier alpha value is -2.16. The molecule has 0 aliphatic rings. The van der Waals surface area contributed by atoms with Crippen molar-refractivity contribution in [1.82, 2.24) is 9.97 Å². The number of aromatic nitrogens is 2. The molecule has 3 nitrogen and oxygen atoms in total. The summed E-state index contributed by atoms with van der Waals surface area (Å²) in [6.45, 7) is 4.27. The number of benzene rings is 1. The number of rotatable bonds is 2. The molecule has 0 aliphatic carbocycles. The molecule has 0 atom stereocenters. The number of pyridine rings is 1. The lowest BCUT2D eigenvalue weighted by Crippen LogP contribution is -1.88. The number of fused-ring (bicyclic) bond motifs is 1. The monoisotopic (exact) mass is 238 g/mol. The average molecular weight is 238 g/mol. The van der Waals surface area contributed by atoms with Crippen molar-refractivity contribution in [3.05, 3.63) is 48.2 Å². The molecule has 0 amide bonds. The van der Waals surface area contributed by atoms with Gasteiger partial charge in [-0.2, -0.15) is 4.98 Å². The van der Waals surface area contributed by atoms with Crippen molar-refractivity contribution in [2.75, 3.05) is 0 Å². The van der Waals surface area contributed by atoms with Crippen LogP contribution in [0.15, 0.2) is 47.0 Å². The Balaban J connectivity index is 2.11. The van der Waals surface area contributed by atoms with Crippen molar-refractivity contribution in [3.8, 4) is 11.5 Å². The molecule has 3 heteroatoms. The van der Waals surface area contributed by atoms with Crippen molar-refractivity contribution >= 4 is 11.2 Å². The van der Waals surface area contributed by atoms with Gasteiger partial charge in [-0.1, -0.05) is 32.0 Å². The largest absolute Gasteiger partial charge is 0.434 e. The van der Waals surface area contributed by atoms with Gasteiger partial charge in [-0.15, -0.1) is 0 Å². The van der Waals surface area contributed by atoms with E-state index < -0.39 is 0 Å². The Bertz CT molecular complexity index is 671. The van der Waals surface area contributed by atoms with Crippen LogP contribution in [0.4, 0.5) is 0 Å². The van der Waals surface area contributed by atoms with Crippen LogP contribution in [0.2, 0.25) is 0 Å². The van der Waals surface area contributed by atoms with Crippen molar-refractivity contribution in [2.45, 2.75) is 19.8 Å². The minimum Gasteiger partial charge on any atom is -0.434 e. The topological polar surface area (TPSA) is 38.9 Å². The molecule has 18 heavy (non-hydrogen) atoms. The van der Waals surface area contributed by atoms with E-state index >= 15 is 0 Å². The van der Waals surface area contributed by atoms with Gasteiger partial charge in [0.1, 0.15) is 0 Å². The molecule has 2 heterocycles. The highest BCUT2D eigenvalue weighted by atomic mass is 16.3. The molecule has 0 fully saturated rings. The van der Waals surface area contributed by atoms with Gasteiger partial charge in [-0.25, -0.2) is 4.98 Å². The van der Waals surface area contributed by atoms with Crippen LogP contribution in [0.5, 0.6) is 0 Å². The number of oxazole rings is 1. The fraction of sp³-hybridized carbons (Fsp3) is 0.200. The second-order valence-electron chi connectivity index (χ2n) is 4.63. The molecule has 0 saturated heterocycles. The maximum absolute atomic E-state index is 5.77. The van der Waals surface area contributed by atoms with Gasteiger partial charge in [0.25, 0.3) is 0 Å². The molecule has 0 saturated carbocycles. The quantitative estimate of drug-likeness (QED) is 0.677. The molecule has 0 bridgehead atoms. The highest BCUT2D eigenvalue weighted by molar-refractivity contribution is 5.72. The normalized spacial score (nSPS) is 11.3. The number of hydrogen-bond donors (Lipinski definition) is 0. The van der Waals surface area contributed by atoms with Crippen LogP contribution in [0.1, 0.15) is 25.3 Å². The molecule has 3 aromatic rings. The lowest BCUT2D eigenvalue weighted by Gasteiger charge is -2.01. The van der Waals surface area contributed by atoms with Crippen molar-refractivity contribution in [2.24, 2.45) is 0 Å². The second kappa shape index (κ2) is 4.26. The Kier molecular flexibility index (Phi) is 2.59. The van der Waals surface area contributed by atoms with Crippen LogP contribution < -0.4 is 0 Å². The second-order valence-corrected chi connectivity index (χ2v) is 4.63. The van der Waals surface area contributed by atoms with E-state index in [0.29, 0.717) is 17.5 Å². The molecule has 0 radical (unpaired) electrons. The third kappa shape index (κ3) is 1.88. The summed E-state index contributed by atoms with van der Waals surface area (Å²) < 4.78 is 5.77. The van der Waals surface area contributed by atoms with Gasteiger partial charge in [-0.3, -0.25) is 0 Å². The first-order valence-electron chi connectivity index (χ1n) is 6.06. The molecular weight excluding hydrogens is 224 g/mol. The van der Waals surface area contributed by atoms with Gasteiger partial charge in [-0.05, 0) is 29.7 Å². The number of nitrogens with zero attached hydrogens (tertiary/aromatic N) is 2. The fourth-order valence-corrected chi connectivity index (χ4v) is 1.85. The van der Waals surface area contributed by atoms with Gasteiger partial charge in [0.2, 0.25) is 5.89 Å². The van der Waals surface area contributed by atoms with E-state index in [0.717, 1.165) is 11.1 Å². The maximum atomic E-state index is 5.77. The Morgan fingerprint density at radius 2 is 1.89 bits per heavy atom. The predicted molar refractivity (Wildman–Crippen MR) is 71.3 cm³/mol. The molecule has 0 N–H and O–H groups in total. The lowest BCUT2D eigenvalue weighted by molar-refractivity contribution is 0.618. The standard InChI is InChI=1S/C15H14N2O/c1-10(2)12-8-13-14(16-9-12)17-15(18-13)11-6-4-3-5-7-11/h3-10H,1-2H3. The summed E-state index contributed by atoms with van der Waals surface area (Å²) in [5.74, 6) is 1.06. The Labute approximate surface area is 105 Å².